The van der Waals surface area contributed by atoms with Crippen LogP contribution >= 0.6 is 0 Å². The maximum absolute atomic E-state index is 5.77. The average molecular weight is 158 g/mol. The van der Waals surface area contributed by atoms with Crippen molar-refractivity contribution in [1.29, 1.82) is 0 Å². The highest BCUT2D eigenvalue weighted by Gasteiger charge is 2.07. The van der Waals surface area contributed by atoms with Gasteiger partial charge in [-0.3, -0.25) is 4.99 Å². The quantitative estimate of drug-likeness (QED) is 0.572. The fraction of sp³-hybridized carbons (Fsp3) is 0.100. The molecule has 0 aromatic carbocycles. The number of nitrogens with zero attached hydrogens (tertiary/aromatic N) is 1. The molecule has 0 spiro atoms. The number of aliphatic imine (C=N–C) groups is 1. The first-order valence-electron chi connectivity index (χ1n) is 3.93. The molecule has 2 rings (SSSR count). The normalized spacial score (nSPS) is 20.5. The number of nitrogens with two attached hydrogens (primary N) is 1. The Labute approximate surface area is 71.5 Å². The number of fused-ring (bicyclic) bond motifs is 2. The van der Waals surface area contributed by atoms with Gasteiger partial charge in [-0.1, -0.05) is 18.2 Å². The molecule has 2 heteroatoms. The molecular formula is C10H10N2. The molecule has 2 aliphatic rings. The molecule has 60 valence electrons. The number of rotatable bonds is 0. The molecule has 0 fully saturated rings. The van der Waals surface area contributed by atoms with E-state index in [0.29, 0.717) is 0 Å². The van der Waals surface area contributed by atoms with Gasteiger partial charge in [0.15, 0.2) is 0 Å². The largest absolute Gasteiger partial charge is 0.397 e. The molecule has 1 aliphatic carbocycles. The van der Waals surface area contributed by atoms with E-state index in [1.165, 1.54) is 5.57 Å². The summed E-state index contributed by atoms with van der Waals surface area (Å²) in [6.45, 7) is 0. The summed E-state index contributed by atoms with van der Waals surface area (Å²) in [4.78, 5) is 4.24. The van der Waals surface area contributed by atoms with Crippen LogP contribution in [0, 0.1) is 0 Å². The van der Waals surface area contributed by atoms with Gasteiger partial charge in [0.1, 0.15) is 0 Å². The average Bonchev–Trinajstić information content (AvgIpc) is 2.38. The Balaban J connectivity index is 2.49. The van der Waals surface area contributed by atoms with Crippen molar-refractivity contribution < 1.29 is 0 Å². The predicted octanol–water partition coefficient (Wildman–Crippen LogP) is 1.68. The minimum absolute atomic E-state index is 0.765. The Hall–Kier alpha value is -1.57. The SMILES string of the molecule is NC1=CC=CC2=CC=CN=C1C2. The smallest absolute Gasteiger partial charge is 0.0676 e. The molecule has 2 N–H and O–H groups in total. The van der Waals surface area contributed by atoms with Gasteiger partial charge < -0.3 is 5.73 Å². The van der Waals surface area contributed by atoms with Crippen molar-refractivity contribution in [3.05, 3.63) is 47.9 Å². The highest BCUT2D eigenvalue weighted by Crippen LogP contribution is 2.15. The van der Waals surface area contributed by atoms with Crippen LogP contribution in [0.1, 0.15) is 6.42 Å². The van der Waals surface area contributed by atoms with E-state index in [1.54, 1.807) is 6.20 Å². The van der Waals surface area contributed by atoms with Gasteiger partial charge in [-0.15, -0.1) is 0 Å². The highest BCUT2D eigenvalue weighted by molar-refractivity contribution is 6.02. The zero-order chi connectivity index (χ0) is 8.39. The first-order chi connectivity index (χ1) is 5.86. The van der Waals surface area contributed by atoms with Gasteiger partial charge in [0, 0.05) is 12.6 Å². The standard InChI is InChI=1S/C10H10N2/c11-9-5-1-3-8-4-2-6-12-10(9)7-8/h1-6H,7,11H2. The molecule has 0 saturated carbocycles. The minimum Gasteiger partial charge on any atom is -0.397 e. The summed E-state index contributed by atoms with van der Waals surface area (Å²) in [6.07, 6.45) is 12.5. The monoisotopic (exact) mass is 158 g/mol. The van der Waals surface area contributed by atoms with E-state index >= 15 is 0 Å². The molecule has 0 atom stereocenters. The van der Waals surface area contributed by atoms with Gasteiger partial charge in [0.25, 0.3) is 0 Å². The van der Waals surface area contributed by atoms with Crippen molar-refractivity contribution in [3.63, 3.8) is 0 Å². The van der Waals surface area contributed by atoms with Crippen LogP contribution in [0.2, 0.25) is 0 Å². The maximum Gasteiger partial charge on any atom is 0.0676 e. The Morgan fingerprint density at radius 1 is 1.25 bits per heavy atom. The molecule has 12 heavy (non-hydrogen) atoms. The van der Waals surface area contributed by atoms with Gasteiger partial charge in [-0.2, -0.15) is 0 Å². The molecule has 1 heterocycles. The van der Waals surface area contributed by atoms with E-state index in [4.69, 9.17) is 5.73 Å². The lowest BCUT2D eigenvalue weighted by Gasteiger charge is -2.01. The van der Waals surface area contributed by atoms with Gasteiger partial charge >= 0.3 is 0 Å². The summed E-state index contributed by atoms with van der Waals surface area (Å²) < 4.78 is 0. The van der Waals surface area contributed by atoms with Crippen molar-refractivity contribution in [2.75, 3.05) is 0 Å². The van der Waals surface area contributed by atoms with E-state index in [0.717, 1.165) is 17.8 Å². The molecule has 0 aromatic rings. The third-order valence-corrected chi connectivity index (χ3v) is 1.92. The zero-order valence-electron chi connectivity index (χ0n) is 6.70. The van der Waals surface area contributed by atoms with Crippen molar-refractivity contribution in [2.24, 2.45) is 10.7 Å². The van der Waals surface area contributed by atoms with Gasteiger partial charge in [0.2, 0.25) is 0 Å². The lowest BCUT2D eigenvalue weighted by atomic mass is 10.1. The molecule has 0 unspecified atom stereocenters. The van der Waals surface area contributed by atoms with Crippen LogP contribution in [0.25, 0.3) is 0 Å². The summed E-state index contributed by atoms with van der Waals surface area (Å²) >= 11 is 0. The minimum atomic E-state index is 0.765. The third kappa shape index (κ3) is 1.23. The lowest BCUT2D eigenvalue weighted by Crippen LogP contribution is -2.10. The molecule has 0 radical (unpaired) electrons. The second-order valence-corrected chi connectivity index (χ2v) is 2.82. The van der Waals surface area contributed by atoms with Crippen LogP contribution in [0.15, 0.2) is 52.8 Å². The summed E-state index contributed by atoms with van der Waals surface area (Å²) in [5.41, 5.74) is 8.75. The van der Waals surface area contributed by atoms with E-state index in [9.17, 15) is 0 Å². The number of allylic oxidation sites excluding steroid dienone is 7. The summed E-state index contributed by atoms with van der Waals surface area (Å²) in [6, 6.07) is 0. The Morgan fingerprint density at radius 2 is 2.17 bits per heavy atom. The summed E-state index contributed by atoms with van der Waals surface area (Å²) in [5, 5.41) is 0. The van der Waals surface area contributed by atoms with Crippen LogP contribution in [0.3, 0.4) is 0 Å². The van der Waals surface area contributed by atoms with Crippen LogP contribution in [-0.4, -0.2) is 5.71 Å². The second kappa shape index (κ2) is 2.81. The number of hydrogen-bond acceptors (Lipinski definition) is 2. The van der Waals surface area contributed by atoms with E-state index in [-0.39, 0.29) is 0 Å². The lowest BCUT2D eigenvalue weighted by molar-refractivity contribution is 1.31. The van der Waals surface area contributed by atoms with Crippen LogP contribution in [0.5, 0.6) is 0 Å². The van der Waals surface area contributed by atoms with Crippen LogP contribution in [0.4, 0.5) is 0 Å². The first-order valence-corrected chi connectivity index (χ1v) is 3.93. The molecule has 0 amide bonds. The third-order valence-electron chi connectivity index (χ3n) is 1.92. The fourth-order valence-corrected chi connectivity index (χ4v) is 1.26. The Kier molecular flexibility index (Phi) is 1.67. The van der Waals surface area contributed by atoms with E-state index in [1.807, 2.05) is 18.2 Å². The molecule has 0 saturated heterocycles. The summed E-state index contributed by atoms with van der Waals surface area (Å²) in [5.74, 6) is 0. The zero-order valence-corrected chi connectivity index (χ0v) is 6.70. The number of hydrogen-bond donors (Lipinski definition) is 1. The van der Waals surface area contributed by atoms with E-state index < -0.39 is 0 Å². The van der Waals surface area contributed by atoms with Crippen molar-refractivity contribution >= 4 is 5.71 Å². The van der Waals surface area contributed by atoms with E-state index in [2.05, 4.69) is 17.1 Å². The second-order valence-electron chi connectivity index (χ2n) is 2.82. The fourth-order valence-electron chi connectivity index (χ4n) is 1.26. The Bertz CT molecular complexity index is 341. The first kappa shape index (κ1) is 7.10. The molecular weight excluding hydrogens is 148 g/mol. The topological polar surface area (TPSA) is 38.4 Å². The highest BCUT2D eigenvalue weighted by atomic mass is 14.8. The molecule has 2 bridgehead atoms. The molecule has 0 aromatic heterocycles. The van der Waals surface area contributed by atoms with Gasteiger partial charge in [-0.25, -0.2) is 0 Å². The Morgan fingerprint density at radius 3 is 3.08 bits per heavy atom. The maximum atomic E-state index is 5.77. The van der Waals surface area contributed by atoms with Gasteiger partial charge in [-0.05, 0) is 17.7 Å². The van der Waals surface area contributed by atoms with Crippen molar-refractivity contribution in [2.45, 2.75) is 6.42 Å². The molecule has 1 aliphatic heterocycles. The van der Waals surface area contributed by atoms with Crippen molar-refractivity contribution in [1.82, 2.24) is 0 Å². The molecule has 2 nitrogen and oxygen atoms in total. The van der Waals surface area contributed by atoms with Crippen LogP contribution < -0.4 is 5.73 Å². The predicted molar refractivity (Wildman–Crippen MR) is 50.7 cm³/mol. The summed E-state index contributed by atoms with van der Waals surface area (Å²) in [7, 11) is 0. The van der Waals surface area contributed by atoms with Crippen LogP contribution in [-0.2, 0) is 0 Å². The van der Waals surface area contributed by atoms with Gasteiger partial charge in [0.05, 0.1) is 11.4 Å². The van der Waals surface area contributed by atoms with Crippen molar-refractivity contribution in [3.8, 4) is 0 Å².